The number of hydrogen-bond acceptors (Lipinski definition) is 4. The summed E-state index contributed by atoms with van der Waals surface area (Å²) in [7, 11) is 1.63. The van der Waals surface area contributed by atoms with Crippen molar-refractivity contribution in [1.82, 2.24) is 14.8 Å². The standard InChI is InChI=1S/C29H35N3O4/c1-19-7-5-8-23(20(19)2)30-28(34)29(3)18-31-24(26-9-6-16-36-26)14-15-25(31)27(33)32(29)17-21-10-12-22(35-4)13-11-21/h6,9-16,19-20,23H,5,7-8,17-18H2,1-4H3,(H,30,34)/t19-,20-,23+,29+/m0/s1. The Balaban J connectivity index is 1.51. The zero-order valence-corrected chi connectivity index (χ0v) is 21.5. The topological polar surface area (TPSA) is 76.7 Å². The number of furan rings is 1. The third-order valence-corrected chi connectivity index (χ3v) is 8.29. The van der Waals surface area contributed by atoms with Gasteiger partial charge in [-0.15, -0.1) is 0 Å². The largest absolute Gasteiger partial charge is 0.497 e. The number of nitrogens with zero attached hydrogens (tertiary/aromatic N) is 2. The Morgan fingerprint density at radius 1 is 1.11 bits per heavy atom. The van der Waals surface area contributed by atoms with Crippen LogP contribution >= 0.6 is 0 Å². The van der Waals surface area contributed by atoms with Crippen molar-refractivity contribution >= 4 is 11.8 Å². The van der Waals surface area contributed by atoms with E-state index in [1.807, 2.05) is 60.0 Å². The van der Waals surface area contributed by atoms with Crippen LogP contribution in [0, 0.1) is 11.8 Å². The van der Waals surface area contributed by atoms with Crippen molar-refractivity contribution in [3.05, 3.63) is 66.1 Å². The van der Waals surface area contributed by atoms with Crippen LogP contribution in [0.25, 0.3) is 11.5 Å². The van der Waals surface area contributed by atoms with Crippen LogP contribution in [0.4, 0.5) is 0 Å². The van der Waals surface area contributed by atoms with Gasteiger partial charge < -0.3 is 23.9 Å². The molecule has 2 aromatic heterocycles. The van der Waals surface area contributed by atoms with Crippen LogP contribution in [0.1, 0.15) is 56.1 Å². The molecule has 3 heterocycles. The first kappa shape index (κ1) is 24.2. The van der Waals surface area contributed by atoms with E-state index in [-0.39, 0.29) is 17.9 Å². The Morgan fingerprint density at radius 3 is 2.56 bits per heavy atom. The zero-order valence-electron chi connectivity index (χ0n) is 21.5. The molecule has 0 saturated heterocycles. The normalized spacial score (nSPS) is 25.9. The molecule has 4 atom stereocenters. The van der Waals surface area contributed by atoms with Gasteiger partial charge in [-0.25, -0.2) is 0 Å². The summed E-state index contributed by atoms with van der Waals surface area (Å²) in [6.45, 7) is 7.03. The van der Waals surface area contributed by atoms with Crippen molar-refractivity contribution in [3.63, 3.8) is 0 Å². The molecule has 1 aliphatic heterocycles. The van der Waals surface area contributed by atoms with Crippen molar-refractivity contribution < 1.29 is 18.7 Å². The van der Waals surface area contributed by atoms with E-state index < -0.39 is 5.54 Å². The Labute approximate surface area is 212 Å². The number of ether oxygens (including phenoxy) is 1. The van der Waals surface area contributed by atoms with Crippen LogP contribution < -0.4 is 10.1 Å². The molecule has 7 nitrogen and oxygen atoms in total. The van der Waals surface area contributed by atoms with E-state index >= 15 is 0 Å². The van der Waals surface area contributed by atoms with E-state index in [0.717, 1.165) is 29.8 Å². The first-order valence-electron chi connectivity index (χ1n) is 12.8. The zero-order chi connectivity index (χ0) is 25.4. The molecule has 190 valence electrons. The van der Waals surface area contributed by atoms with Gasteiger partial charge >= 0.3 is 0 Å². The van der Waals surface area contributed by atoms with Crippen molar-refractivity contribution in [3.8, 4) is 17.2 Å². The SMILES string of the molecule is COc1ccc(CN2C(=O)c3ccc(-c4ccco4)n3C[C@]2(C)C(=O)N[C@@H]2CCC[C@H](C)[C@@H]2C)cc1. The van der Waals surface area contributed by atoms with E-state index in [4.69, 9.17) is 9.15 Å². The number of carbonyl (C=O) groups excluding carboxylic acids is 2. The molecule has 1 aromatic carbocycles. The molecule has 0 spiro atoms. The highest BCUT2D eigenvalue weighted by Gasteiger charge is 2.48. The van der Waals surface area contributed by atoms with Gasteiger partial charge in [-0.2, -0.15) is 0 Å². The third-order valence-electron chi connectivity index (χ3n) is 8.29. The summed E-state index contributed by atoms with van der Waals surface area (Å²) in [6.07, 6.45) is 4.87. The van der Waals surface area contributed by atoms with Crippen molar-refractivity contribution in [2.75, 3.05) is 7.11 Å². The van der Waals surface area contributed by atoms with Crippen LogP contribution in [0.2, 0.25) is 0 Å². The second-order valence-electron chi connectivity index (χ2n) is 10.5. The molecule has 2 amide bonds. The Morgan fingerprint density at radius 2 is 1.86 bits per heavy atom. The number of hydrogen-bond donors (Lipinski definition) is 1. The number of nitrogens with one attached hydrogen (secondary N) is 1. The van der Waals surface area contributed by atoms with Crippen molar-refractivity contribution in [2.45, 2.75) is 64.7 Å². The van der Waals surface area contributed by atoms with E-state index in [1.54, 1.807) is 18.3 Å². The minimum atomic E-state index is -1.08. The number of aromatic nitrogens is 1. The molecule has 36 heavy (non-hydrogen) atoms. The predicted octanol–water partition coefficient (Wildman–Crippen LogP) is 5.11. The number of methoxy groups -OCH3 is 1. The van der Waals surface area contributed by atoms with E-state index in [9.17, 15) is 9.59 Å². The summed E-state index contributed by atoms with van der Waals surface area (Å²) >= 11 is 0. The van der Waals surface area contributed by atoms with E-state index in [2.05, 4.69) is 19.2 Å². The quantitative estimate of drug-likeness (QED) is 0.522. The average molecular weight is 490 g/mol. The summed E-state index contributed by atoms with van der Waals surface area (Å²) < 4.78 is 12.9. The van der Waals surface area contributed by atoms with Crippen molar-refractivity contribution in [1.29, 1.82) is 0 Å². The van der Waals surface area contributed by atoms with E-state index in [0.29, 0.717) is 36.4 Å². The van der Waals surface area contributed by atoms with Gasteiger partial charge in [0.1, 0.15) is 22.7 Å². The molecule has 5 rings (SSSR count). The molecule has 1 aliphatic carbocycles. The lowest BCUT2D eigenvalue weighted by Crippen LogP contribution is -2.65. The highest BCUT2D eigenvalue weighted by atomic mass is 16.5. The van der Waals surface area contributed by atoms with Crippen molar-refractivity contribution in [2.24, 2.45) is 11.8 Å². The van der Waals surface area contributed by atoms with Crippen LogP contribution in [-0.2, 0) is 17.9 Å². The number of carbonyl (C=O) groups is 2. The minimum Gasteiger partial charge on any atom is -0.497 e. The Hall–Kier alpha value is -3.48. The molecule has 3 aromatic rings. The summed E-state index contributed by atoms with van der Waals surface area (Å²) in [5.41, 5.74) is 1.21. The van der Waals surface area contributed by atoms with Gasteiger partial charge in [0.15, 0.2) is 0 Å². The molecule has 2 aliphatic rings. The fourth-order valence-corrected chi connectivity index (χ4v) is 5.68. The molecule has 1 saturated carbocycles. The lowest BCUT2D eigenvalue weighted by molar-refractivity contribution is -0.134. The number of amides is 2. The number of rotatable bonds is 6. The third kappa shape index (κ3) is 4.21. The maximum Gasteiger partial charge on any atom is 0.271 e. The molecule has 1 fully saturated rings. The molecule has 0 unspecified atom stereocenters. The van der Waals surface area contributed by atoms with Crippen LogP contribution in [0.15, 0.2) is 59.2 Å². The number of benzene rings is 1. The fourth-order valence-electron chi connectivity index (χ4n) is 5.68. The fraction of sp³-hybridized carbons (Fsp3) is 0.448. The predicted molar refractivity (Wildman–Crippen MR) is 138 cm³/mol. The first-order chi connectivity index (χ1) is 17.3. The number of fused-ring (bicyclic) bond motifs is 1. The average Bonchev–Trinajstić information content (AvgIpc) is 3.55. The van der Waals surface area contributed by atoms with Gasteiger partial charge in [0.25, 0.3) is 5.91 Å². The van der Waals surface area contributed by atoms with Gasteiger partial charge in [0.05, 0.1) is 25.6 Å². The lowest BCUT2D eigenvalue weighted by Gasteiger charge is -2.46. The smallest absolute Gasteiger partial charge is 0.271 e. The summed E-state index contributed by atoms with van der Waals surface area (Å²) in [4.78, 5) is 29.7. The van der Waals surface area contributed by atoms with Crippen LogP contribution in [-0.4, -0.2) is 40.0 Å². The molecule has 0 radical (unpaired) electrons. The highest BCUT2D eigenvalue weighted by Crippen LogP contribution is 2.36. The van der Waals surface area contributed by atoms with Gasteiger partial charge in [0, 0.05) is 12.6 Å². The first-order valence-corrected chi connectivity index (χ1v) is 12.8. The molecule has 1 N–H and O–H groups in total. The second kappa shape index (κ2) is 9.52. The van der Waals surface area contributed by atoms with Gasteiger partial charge in [0.2, 0.25) is 5.91 Å². The summed E-state index contributed by atoms with van der Waals surface area (Å²) in [6, 6.07) is 15.2. The summed E-state index contributed by atoms with van der Waals surface area (Å²) in [5, 5.41) is 3.35. The highest BCUT2D eigenvalue weighted by molar-refractivity contribution is 6.00. The van der Waals surface area contributed by atoms with Gasteiger partial charge in [-0.3, -0.25) is 9.59 Å². The van der Waals surface area contributed by atoms with Crippen LogP contribution in [0.3, 0.4) is 0 Å². The maximum atomic E-state index is 14.1. The molecular weight excluding hydrogens is 454 g/mol. The summed E-state index contributed by atoms with van der Waals surface area (Å²) in [5.74, 6) is 2.10. The molecular formula is C29H35N3O4. The maximum absolute atomic E-state index is 14.1. The van der Waals surface area contributed by atoms with Gasteiger partial charge in [-0.1, -0.05) is 38.8 Å². The van der Waals surface area contributed by atoms with E-state index in [1.165, 1.54) is 6.42 Å². The second-order valence-corrected chi connectivity index (χ2v) is 10.5. The lowest BCUT2D eigenvalue weighted by atomic mass is 9.77. The van der Waals surface area contributed by atoms with Gasteiger partial charge in [-0.05, 0) is 67.1 Å². The van der Waals surface area contributed by atoms with Crippen LogP contribution in [0.5, 0.6) is 5.75 Å². The molecule has 0 bridgehead atoms. The Bertz CT molecular complexity index is 1230. The molecule has 7 heteroatoms. The Kier molecular flexibility index (Phi) is 6.41. The monoisotopic (exact) mass is 489 g/mol. The minimum absolute atomic E-state index is 0.103.